The first-order valence-electron chi connectivity index (χ1n) is 9.36. The second-order valence-corrected chi connectivity index (χ2v) is 9.51. The van der Waals surface area contributed by atoms with Gasteiger partial charge in [-0.15, -0.1) is 0 Å². The lowest BCUT2D eigenvalue weighted by molar-refractivity contribution is 0.0943. The Morgan fingerprint density at radius 3 is 2.00 bits per heavy atom. The zero-order chi connectivity index (χ0) is 19.3. The molecule has 0 aliphatic heterocycles. The molecule has 2 aromatic carbocycles. The van der Waals surface area contributed by atoms with Crippen LogP contribution in [0.15, 0.2) is 42.5 Å². The van der Waals surface area contributed by atoms with Crippen molar-refractivity contribution in [3.63, 3.8) is 0 Å². The van der Waals surface area contributed by atoms with Gasteiger partial charge in [0.25, 0.3) is 0 Å². The Morgan fingerprint density at radius 1 is 0.885 bits per heavy atom. The molecule has 0 heterocycles. The topological polar surface area (TPSA) is 26.3 Å². The number of Topliss-reactive ketones (excluding diaryl/α,β-unsaturated/α-hetero) is 1. The SMILES string of the molecule is COc1ccc(C2C(=O)c3ccc(C(C)(C)C)cc3C2C(C)(C)C)cc1. The van der Waals surface area contributed by atoms with E-state index in [0.717, 1.165) is 16.9 Å². The van der Waals surface area contributed by atoms with Gasteiger partial charge in [0.2, 0.25) is 0 Å². The normalized spacial score (nSPS) is 20.2. The van der Waals surface area contributed by atoms with Crippen molar-refractivity contribution in [3.8, 4) is 5.75 Å². The van der Waals surface area contributed by atoms with E-state index in [-0.39, 0.29) is 28.4 Å². The second kappa shape index (κ2) is 6.26. The van der Waals surface area contributed by atoms with E-state index in [1.165, 1.54) is 11.1 Å². The quantitative estimate of drug-likeness (QED) is 0.654. The fourth-order valence-corrected chi connectivity index (χ4v) is 4.13. The van der Waals surface area contributed by atoms with Gasteiger partial charge in [0.1, 0.15) is 5.75 Å². The molecule has 0 fully saturated rings. The molecule has 0 amide bonds. The Hall–Kier alpha value is -2.09. The van der Waals surface area contributed by atoms with Crippen LogP contribution in [0.3, 0.4) is 0 Å². The first-order valence-corrected chi connectivity index (χ1v) is 9.36. The van der Waals surface area contributed by atoms with Crippen molar-refractivity contribution in [3.05, 3.63) is 64.7 Å². The third-order valence-electron chi connectivity index (χ3n) is 5.54. The number of rotatable bonds is 2. The maximum Gasteiger partial charge on any atom is 0.171 e. The van der Waals surface area contributed by atoms with Crippen LogP contribution in [-0.2, 0) is 5.41 Å². The highest BCUT2D eigenvalue weighted by atomic mass is 16.5. The summed E-state index contributed by atoms with van der Waals surface area (Å²) in [6.07, 6.45) is 0. The summed E-state index contributed by atoms with van der Waals surface area (Å²) < 4.78 is 5.28. The number of ether oxygens (including phenoxy) is 1. The van der Waals surface area contributed by atoms with Gasteiger partial charge in [0, 0.05) is 11.5 Å². The molecule has 26 heavy (non-hydrogen) atoms. The number of methoxy groups -OCH3 is 1. The summed E-state index contributed by atoms with van der Waals surface area (Å²) >= 11 is 0. The molecule has 1 aliphatic carbocycles. The Balaban J connectivity index is 2.15. The van der Waals surface area contributed by atoms with Crippen LogP contribution in [0.4, 0.5) is 0 Å². The summed E-state index contributed by atoms with van der Waals surface area (Å²) in [6.45, 7) is 13.4. The molecule has 0 N–H and O–H groups in total. The van der Waals surface area contributed by atoms with E-state index in [0.29, 0.717) is 0 Å². The van der Waals surface area contributed by atoms with E-state index in [1.54, 1.807) is 7.11 Å². The molecule has 2 atom stereocenters. The van der Waals surface area contributed by atoms with Crippen LogP contribution in [0.1, 0.15) is 80.4 Å². The van der Waals surface area contributed by atoms with Crippen LogP contribution >= 0.6 is 0 Å². The van der Waals surface area contributed by atoms with Crippen LogP contribution in [0.2, 0.25) is 0 Å². The van der Waals surface area contributed by atoms with Gasteiger partial charge in [-0.05, 0) is 39.7 Å². The lowest BCUT2D eigenvalue weighted by atomic mass is 9.70. The van der Waals surface area contributed by atoms with Crippen molar-refractivity contribution < 1.29 is 9.53 Å². The molecule has 1 aliphatic rings. The summed E-state index contributed by atoms with van der Waals surface area (Å²) in [7, 11) is 1.66. The van der Waals surface area contributed by atoms with E-state index in [2.05, 4.69) is 53.7 Å². The second-order valence-electron chi connectivity index (χ2n) is 9.51. The van der Waals surface area contributed by atoms with Gasteiger partial charge in [-0.1, -0.05) is 71.9 Å². The minimum atomic E-state index is -0.133. The monoisotopic (exact) mass is 350 g/mol. The molecular formula is C24H30O2. The number of hydrogen-bond acceptors (Lipinski definition) is 2. The van der Waals surface area contributed by atoms with Crippen LogP contribution < -0.4 is 4.74 Å². The van der Waals surface area contributed by atoms with Gasteiger partial charge in [-0.25, -0.2) is 0 Å². The average molecular weight is 351 g/mol. The van der Waals surface area contributed by atoms with Crippen LogP contribution in [-0.4, -0.2) is 12.9 Å². The van der Waals surface area contributed by atoms with Crippen molar-refractivity contribution >= 4 is 5.78 Å². The zero-order valence-corrected chi connectivity index (χ0v) is 17.0. The zero-order valence-electron chi connectivity index (χ0n) is 17.0. The van der Waals surface area contributed by atoms with Crippen molar-refractivity contribution in [2.45, 2.75) is 58.8 Å². The minimum absolute atomic E-state index is 0.0119. The highest BCUT2D eigenvalue weighted by Crippen LogP contribution is 2.53. The highest BCUT2D eigenvalue weighted by molar-refractivity contribution is 6.06. The first-order chi connectivity index (χ1) is 12.0. The van der Waals surface area contributed by atoms with E-state index in [9.17, 15) is 4.79 Å². The Bertz CT molecular complexity index is 817. The third-order valence-corrected chi connectivity index (χ3v) is 5.54. The third kappa shape index (κ3) is 3.18. The van der Waals surface area contributed by atoms with Crippen LogP contribution in [0.5, 0.6) is 5.75 Å². The first kappa shape index (κ1) is 18.7. The number of ketones is 1. The van der Waals surface area contributed by atoms with Gasteiger partial charge in [-0.3, -0.25) is 4.79 Å². The highest BCUT2D eigenvalue weighted by Gasteiger charge is 2.46. The maximum absolute atomic E-state index is 13.3. The van der Waals surface area contributed by atoms with Crippen LogP contribution in [0.25, 0.3) is 0 Å². The van der Waals surface area contributed by atoms with Gasteiger partial charge < -0.3 is 4.74 Å². The number of carbonyl (C=O) groups is 1. The molecule has 0 saturated carbocycles. The molecule has 0 radical (unpaired) electrons. The smallest absolute Gasteiger partial charge is 0.171 e. The summed E-state index contributed by atoms with van der Waals surface area (Å²) in [5.74, 6) is 1.09. The van der Waals surface area contributed by atoms with Gasteiger partial charge in [0.15, 0.2) is 5.78 Å². The van der Waals surface area contributed by atoms with E-state index < -0.39 is 0 Å². The van der Waals surface area contributed by atoms with E-state index in [4.69, 9.17) is 4.74 Å². The fourth-order valence-electron chi connectivity index (χ4n) is 4.13. The standard InChI is InChI=1S/C24H30O2/c1-23(2,3)16-10-13-18-19(14-16)21(24(4,5)6)20(22(18)25)15-8-11-17(26-7)12-9-15/h8-14,20-21H,1-7H3. The molecular weight excluding hydrogens is 320 g/mol. The van der Waals surface area contributed by atoms with Gasteiger partial charge in [0.05, 0.1) is 13.0 Å². The van der Waals surface area contributed by atoms with Gasteiger partial charge in [-0.2, -0.15) is 0 Å². The average Bonchev–Trinajstić information content (AvgIpc) is 2.86. The molecule has 0 saturated heterocycles. The van der Waals surface area contributed by atoms with Crippen molar-refractivity contribution in [2.75, 3.05) is 7.11 Å². The number of benzene rings is 2. The predicted molar refractivity (Wildman–Crippen MR) is 107 cm³/mol. The predicted octanol–water partition coefficient (Wildman–Crippen LogP) is 6.10. The number of hydrogen-bond donors (Lipinski definition) is 0. The van der Waals surface area contributed by atoms with Gasteiger partial charge >= 0.3 is 0 Å². The molecule has 0 aromatic heterocycles. The molecule has 0 spiro atoms. The fraction of sp³-hybridized carbons (Fsp3) is 0.458. The van der Waals surface area contributed by atoms with Crippen molar-refractivity contribution in [2.24, 2.45) is 5.41 Å². The van der Waals surface area contributed by atoms with Crippen LogP contribution in [0, 0.1) is 5.41 Å². The van der Waals surface area contributed by atoms with Crippen molar-refractivity contribution in [1.82, 2.24) is 0 Å². The molecule has 3 rings (SSSR count). The summed E-state index contributed by atoms with van der Waals surface area (Å²) in [4.78, 5) is 13.3. The molecule has 2 unspecified atom stereocenters. The summed E-state index contributed by atoms with van der Waals surface area (Å²) in [6, 6.07) is 14.4. The Morgan fingerprint density at radius 2 is 1.50 bits per heavy atom. The lowest BCUT2D eigenvalue weighted by Gasteiger charge is -2.33. The summed E-state index contributed by atoms with van der Waals surface area (Å²) in [5.41, 5.74) is 4.51. The Kier molecular flexibility index (Phi) is 4.50. The van der Waals surface area contributed by atoms with Crippen molar-refractivity contribution in [1.29, 1.82) is 0 Å². The van der Waals surface area contributed by atoms with E-state index in [1.807, 2.05) is 30.3 Å². The molecule has 2 heteroatoms. The molecule has 0 bridgehead atoms. The Labute approximate surface area is 157 Å². The lowest BCUT2D eigenvalue weighted by Crippen LogP contribution is -2.24. The number of fused-ring (bicyclic) bond motifs is 1. The molecule has 2 aromatic rings. The maximum atomic E-state index is 13.3. The molecule has 138 valence electrons. The number of carbonyl (C=O) groups excluding carboxylic acids is 1. The largest absolute Gasteiger partial charge is 0.497 e. The molecule has 2 nitrogen and oxygen atoms in total. The van der Waals surface area contributed by atoms with E-state index >= 15 is 0 Å². The minimum Gasteiger partial charge on any atom is -0.497 e. The summed E-state index contributed by atoms with van der Waals surface area (Å²) in [5, 5.41) is 0.